The molecule has 1 amide bonds. The fourth-order valence-electron chi connectivity index (χ4n) is 3.54. The van der Waals surface area contributed by atoms with Gasteiger partial charge in [0.15, 0.2) is 0 Å². The zero-order valence-corrected chi connectivity index (χ0v) is 20.6. The summed E-state index contributed by atoms with van der Waals surface area (Å²) in [6.45, 7) is 1.41. The van der Waals surface area contributed by atoms with Crippen LogP contribution >= 0.6 is 0 Å². The number of nitrogens with one attached hydrogen (secondary N) is 1. The van der Waals surface area contributed by atoms with Crippen molar-refractivity contribution in [2.24, 2.45) is 0 Å². The number of sulfonamides is 2. The van der Waals surface area contributed by atoms with E-state index in [0.717, 1.165) is 22.7 Å². The second kappa shape index (κ2) is 10.2. The molecule has 0 unspecified atom stereocenters. The van der Waals surface area contributed by atoms with E-state index in [0.29, 0.717) is 26.1 Å². The number of benzene rings is 2. The topological polar surface area (TPSA) is 113 Å². The van der Waals surface area contributed by atoms with Crippen LogP contribution in [0.4, 0.5) is 0 Å². The van der Waals surface area contributed by atoms with Gasteiger partial charge < -0.3 is 10.1 Å². The first-order chi connectivity index (χ1) is 15.6. The summed E-state index contributed by atoms with van der Waals surface area (Å²) in [5.41, 5.74) is 1.07. The van der Waals surface area contributed by atoms with Gasteiger partial charge in [-0.2, -0.15) is 4.31 Å². The molecule has 2 aromatic carbocycles. The van der Waals surface area contributed by atoms with Crippen LogP contribution in [0.5, 0.6) is 5.75 Å². The third-order valence-electron chi connectivity index (χ3n) is 5.51. The number of methoxy groups -OCH3 is 1. The Hall–Kier alpha value is -2.47. The van der Waals surface area contributed by atoms with Crippen LogP contribution < -0.4 is 10.1 Å². The minimum Gasteiger partial charge on any atom is -0.495 e. The molecule has 0 radical (unpaired) electrons. The molecule has 2 aromatic rings. The third kappa shape index (κ3) is 5.55. The van der Waals surface area contributed by atoms with Gasteiger partial charge in [0, 0.05) is 39.3 Å². The van der Waals surface area contributed by atoms with Gasteiger partial charge >= 0.3 is 0 Å². The number of hydrogen-bond donors (Lipinski definition) is 1. The van der Waals surface area contributed by atoms with Gasteiger partial charge in [0.1, 0.15) is 10.6 Å². The van der Waals surface area contributed by atoms with Crippen LogP contribution in [0.25, 0.3) is 0 Å². The van der Waals surface area contributed by atoms with Gasteiger partial charge in [-0.3, -0.25) is 4.79 Å². The highest BCUT2D eigenvalue weighted by Crippen LogP contribution is 2.27. The molecule has 0 aliphatic carbocycles. The zero-order chi connectivity index (χ0) is 24.2. The van der Waals surface area contributed by atoms with Crippen molar-refractivity contribution in [2.45, 2.75) is 29.1 Å². The highest BCUT2D eigenvalue weighted by atomic mass is 32.2. The lowest BCUT2D eigenvalue weighted by molar-refractivity contribution is 0.0954. The molecule has 0 saturated carbocycles. The van der Waals surface area contributed by atoms with E-state index in [1.54, 1.807) is 24.3 Å². The number of carbonyl (C=O) groups is 1. The van der Waals surface area contributed by atoms with Crippen molar-refractivity contribution in [3.05, 3.63) is 53.6 Å². The fraction of sp³-hybridized carbons (Fsp3) is 0.409. The summed E-state index contributed by atoms with van der Waals surface area (Å²) in [4.78, 5) is 12.8. The van der Waals surface area contributed by atoms with Crippen LogP contribution in [-0.2, 0) is 26.5 Å². The van der Waals surface area contributed by atoms with Gasteiger partial charge in [-0.15, -0.1) is 0 Å². The van der Waals surface area contributed by atoms with Gasteiger partial charge in [-0.05, 0) is 55.2 Å². The third-order valence-corrected chi connectivity index (χ3v) is 9.26. The molecule has 33 heavy (non-hydrogen) atoms. The van der Waals surface area contributed by atoms with E-state index in [1.807, 2.05) is 0 Å². The number of carbonyl (C=O) groups excluding carboxylic acids is 1. The van der Waals surface area contributed by atoms with Crippen molar-refractivity contribution >= 4 is 26.0 Å². The maximum Gasteiger partial charge on any atom is 0.251 e. The van der Waals surface area contributed by atoms with Gasteiger partial charge in [0.05, 0.1) is 12.0 Å². The highest BCUT2D eigenvalue weighted by Gasteiger charge is 2.27. The molecule has 0 aromatic heterocycles. The predicted octanol–water partition coefficient (Wildman–Crippen LogP) is 1.70. The molecule has 0 spiro atoms. The summed E-state index contributed by atoms with van der Waals surface area (Å²) in [6, 6.07) is 10.9. The monoisotopic (exact) mass is 495 g/mol. The lowest BCUT2D eigenvalue weighted by atomic mass is 10.1. The Kier molecular flexibility index (Phi) is 7.78. The minimum atomic E-state index is -3.79. The molecule has 1 heterocycles. The Morgan fingerprint density at radius 3 is 2.24 bits per heavy atom. The van der Waals surface area contributed by atoms with Crippen molar-refractivity contribution in [1.82, 2.24) is 13.9 Å². The summed E-state index contributed by atoms with van der Waals surface area (Å²) in [5.74, 6) is -0.259. The summed E-state index contributed by atoms with van der Waals surface area (Å²) in [6.07, 6.45) is 2.26. The molecular formula is C22H29N3O6S2. The number of rotatable bonds is 9. The summed E-state index contributed by atoms with van der Waals surface area (Å²) in [5, 5.41) is 2.77. The lowest BCUT2D eigenvalue weighted by Crippen LogP contribution is -2.28. The van der Waals surface area contributed by atoms with Crippen LogP contribution in [0.15, 0.2) is 52.3 Å². The van der Waals surface area contributed by atoms with Crippen LogP contribution in [0.2, 0.25) is 0 Å². The smallest absolute Gasteiger partial charge is 0.251 e. The first kappa shape index (κ1) is 25.2. The van der Waals surface area contributed by atoms with E-state index in [9.17, 15) is 21.6 Å². The number of hydrogen-bond acceptors (Lipinski definition) is 6. The number of ether oxygens (including phenoxy) is 1. The Morgan fingerprint density at radius 1 is 1.03 bits per heavy atom. The fourth-order valence-corrected chi connectivity index (χ4v) is 6.14. The molecule has 180 valence electrons. The Morgan fingerprint density at radius 2 is 1.67 bits per heavy atom. The average Bonchev–Trinajstić information content (AvgIpc) is 3.35. The maximum absolute atomic E-state index is 12.6. The average molecular weight is 496 g/mol. The summed E-state index contributed by atoms with van der Waals surface area (Å²) >= 11 is 0. The van der Waals surface area contributed by atoms with Gasteiger partial charge in [0.2, 0.25) is 20.0 Å². The van der Waals surface area contributed by atoms with Crippen molar-refractivity contribution in [3.63, 3.8) is 0 Å². The van der Waals surface area contributed by atoms with E-state index in [4.69, 9.17) is 4.74 Å². The number of amides is 1. The standard InChI is InChI=1S/C22H29N3O6S2/c1-24(2)33(29,30)21-16-18(8-11-20(21)31-3)22(26)23-13-12-17-6-9-19(10-7-17)32(27,28)25-14-4-5-15-25/h6-11,16H,4-5,12-15H2,1-3H3,(H,23,26). The van der Waals surface area contributed by atoms with Crippen LogP contribution in [0, 0.1) is 0 Å². The predicted molar refractivity (Wildman–Crippen MR) is 124 cm³/mol. The lowest BCUT2D eigenvalue weighted by Gasteiger charge is -2.16. The molecule has 1 fully saturated rings. The highest BCUT2D eigenvalue weighted by molar-refractivity contribution is 7.89. The summed E-state index contributed by atoms with van der Waals surface area (Å²) < 4.78 is 58.0. The molecule has 0 atom stereocenters. The van der Waals surface area contributed by atoms with E-state index in [1.165, 1.54) is 43.7 Å². The molecule has 9 nitrogen and oxygen atoms in total. The molecule has 3 rings (SSSR count). The molecule has 0 bridgehead atoms. The first-order valence-electron chi connectivity index (χ1n) is 10.5. The van der Waals surface area contributed by atoms with E-state index in [-0.39, 0.29) is 21.1 Å². The number of nitrogens with zero attached hydrogens (tertiary/aromatic N) is 2. The van der Waals surface area contributed by atoms with E-state index in [2.05, 4.69) is 5.32 Å². The van der Waals surface area contributed by atoms with Crippen LogP contribution in [-0.4, -0.2) is 72.2 Å². The van der Waals surface area contributed by atoms with Gasteiger partial charge in [-0.25, -0.2) is 21.1 Å². The molecule has 11 heteroatoms. The molecule has 1 N–H and O–H groups in total. The van der Waals surface area contributed by atoms with Crippen molar-refractivity contribution in [1.29, 1.82) is 0 Å². The van der Waals surface area contributed by atoms with Crippen molar-refractivity contribution < 1.29 is 26.4 Å². The van der Waals surface area contributed by atoms with E-state index >= 15 is 0 Å². The van der Waals surface area contributed by atoms with Crippen LogP contribution in [0.3, 0.4) is 0 Å². The zero-order valence-electron chi connectivity index (χ0n) is 18.9. The van der Waals surface area contributed by atoms with Crippen LogP contribution in [0.1, 0.15) is 28.8 Å². The van der Waals surface area contributed by atoms with E-state index < -0.39 is 26.0 Å². The molecule has 1 saturated heterocycles. The largest absolute Gasteiger partial charge is 0.495 e. The van der Waals surface area contributed by atoms with Gasteiger partial charge in [0.25, 0.3) is 5.91 Å². The Balaban J connectivity index is 1.64. The Labute approximate surface area is 195 Å². The molecule has 1 aliphatic heterocycles. The molecule has 1 aliphatic rings. The van der Waals surface area contributed by atoms with Gasteiger partial charge in [-0.1, -0.05) is 12.1 Å². The minimum absolute atomic E-state index is 0.0857. The Bertz CT molecular complexity index is 1200. The molecular weight excluding hydrogens is 466 g/mol. The van der Waals surface area contributed by atoms with Crippen molar-refractivity contribution in [2.75, 3.05) is 40.8 Å². The SMILES string of the molecule is COc1ccc(C(=O)NCCc2ccc(S(=O)(=O)N3CCCC3)cc2)cc1S(=O)(=O)N(C)C. The first-order valence-corrected chi connectivity index (χ1v) is 13.4. The second-order valence-electron chi connectivity index (χ2n) is 7.91. The normalized spacial score (nSPS) is 15.0. The quantitative estimate of drug-likeness (QED) is 0.567. The second-order valence-corrected chi connectivity index (χ2v) is 12.0. The van der Waals surface area contributed by atoms with Crippen molar-refractivity contribution in [3.8, 4) is 5.75 Å². The summed E-state index contributed by atoms with van der Waals surface area (Å²) in [7, 11) is -3.06. The maximum atomic E-state index is 12.6.